The van der Waals surface area contributed by atoms with Gasteiger partial charge in [0.05, 0.1) is 10.2 Å². The number of aromatic nitrogens is 2. The van der Waals surface area contributed by atoms with E-state index in [0.29, 0.717) is 0 Å². The molecule has 1 aromatic heterocycles. The summed E-state index contributed by atoms with van der Waals surface area (Å²) in [7, 11) is 0. The zero-order valence-corrected chi connectivity index (χ0v) is 8.81. The molecule has 3 nitrogen and oxygen atoms in total. The summed E-state index contributed by atoms with van der Waals surface area (Å²) in [5.74, 6) is 0. The highest BCUT2D eigenvalue weighted by Crippen LogP contribution is 2.08. The summed E-state index contributed by atoms with van der Waals surface area (Å²) in [4.78, 5) is 15.1. The average Bonchev–Trinajstić information content (AvgIpc) is 2.23. The average molecular weight is 251 g/mol. The van der Waals surface area contributed by atoms with E-state index in [1.165, 1.54) is 10.8 Å². The predicted molar refractivity (Wildman–Crippen MR) is 57.5 cm³/mol. The largest absolute Gasteiger partial charge is 0.352 e. The molecule has 0 fully saturated rings. The lowest BCUT2D eigenvalue weighted by Crippen LogP contribution is -2.19. The van der Waals surface area contributed by atoms with Crippen molar-refractivity contribution in [2.45, 2.75) is 0 Å². The second-order valence-electron chi connectivity index (χ2n) is 2.76. The lowest BCUT2D eigenvalue weighted by atomic mass is 10.3. The quantitative estimate of drug-likeness (QED) is 0.776. The molecular weight excluding hydrogens is 244 g/mol. The summed E-state index contributed by atoms with van der Waals surface area (Å²) in [6.45, 7) is 0. The minimum Gasteiger partial charge on any atom is -0.267 e. The molecule has 1 aromatic carbocycles. The molecule has 4 heteroatoms. The normalized spacial score (nSPS) is 10.1. The van der Waals surface area contributed by atoms with Gasteiger partial charge in [-0.25, -0.2) is 9.78 Å². The molecule has 0 radical (unpaired) electrons. The first kappa shape index (κ1) is 9.15. The number of hydrogen-bond acceptors (Lipinski definition) is 2. The van der Waals surface area contributed by atoms with Crippen molar-refractivity contribution in [1.29, 1.82) is 0 Å². The molecule has 14 heavy (non-hydrogen) atoms. The molecule has 1 heterocycles. The predicted octanol–water partition coefficient (Wildman–Crippen LogP) is 2.00. The van der Waals surface area contributed by atoms with Crippen LogP contribution in [-0.2, 0) is 0 Å². The van der Waals surface area contributed by atoms with Crippen molar-refractivity contribution in [1.82, 2.24) is 9.55 Å². The van der Waals surface area contributed by atoms with Gasteiger partial charge in [0.15, 0.2) is 0 Å². The van der Waals surface area contributed by atoms with Crippen LogP contribution in [0.15, 0.2) is 52.0 Å². The summed E-state index contributed by atoms with van der Waals surface area (Å²) in [5, 5.41) is 0. The molecule has 0 amide bonds. The number of rotatable bonds is 1. The van der Waals surface area contributed by atoms with Gasteiger partial charge in [-0.2, -0.15) is 0 Å². The van der Waals surface area contributed by atoms with E-state index < -0.39 is 0 Å². The highest BCUT2D eigenvalue weighted by Gasteiger charge is 1.99. The third-order valence-electron chi connectivity index (χ3n) is 1.79. The van der Waals surface area contributed by atoms with Crippen molar-refractivity contribution < 1.29 is 0 Å². The lowest BCUT2D eigenvalue weighted by molar-refractivity contribution is 0.906. The number of hydrogen-bond donors (Lipinski definition) is 0. The van der Waals surface area contributed by atoms with Gasteiger partial charge in [-0.1, -0.05) is 18.2 Å². The first-order valence-electron chi connectivity index (χ1n) is 4.07. The fourth-order valence-corrected chi connectivity index (χ4v) is 1.47. The molecule has 0 saturated heterocycles. The van der Waals surface area contributed by atoms with Gasteiger partial charge < -0.3 is 0 Å². The Morgan fingerprint density at radius 3 is 2.64 bits per heavy atom. The van der Waals surface area contributed by atoms with Crippen LogP contribution in [0.1, 0.15) is 0 Å². The Hall–Kier alpha value is -1.42. The van der Waals surface area contributed by atoms with Gasteiger partial charge in [0.1, 0.15) is 0 Å². The molecule has 2 rings (SSSR count). The highest BCUT2D eigenvalue weighted by atomic mass is 79.9. The molecule has 0 atom stereocenters. The van der Waals surface area contributed by atoms with Crippen LogP contribution >= 0.6 is 15.9 Å². The van der Waals surface area contributed by atoms with E-state index >= 15 is 0 Å². The summed E-state index contributed by atoms with van der Waals surface area (Å²) < 4.78 is 2.27. The Balaban J connectivity index is 2.63. The Morgan fingerprint density at radius 1 is 1.21 bits per heavy atom. The van der Waals surface area contributed by atoms with Crippen molar-refractivity contribution >= 4 is 15.9 Å². The summed E-state index contributed by atoms with van der Waals surface area (Å²) in [6, 6.07) is 9.37. The fourth-order valence-electron chi connectivity index (χ4n) is 1.16. The maximum absolute atomic E-state index is 11.4. The van der Waals surface area contributed by atoms with Crippen molar-refractivity contribution in [2.24, 2.45) is 0 Å². The first-order chi connectivity index (χ1) is 6.77. The van der Waals surface area contributed by atoms with E-state index in [-0.39, 0.29) is 5.69 Å². The van der Waals surface area contributed by atoms with Crippen LogP contribution in [0.25, 0.3) is 5.69 Å². The molecule has 0 spiro atoms. The molecule has 0 aliphatic heterocycles. The summed E-state index contributed by atoms with van der Waals surface area (Å²) in [5.41, 5.74) is 0.533. The number of halogens is 1. The lowest BCUT2D eigenvalue weighted by Gasteiger charge is -2.03. The Morgan fingerprint density at radius 2 is 1.93 bits per heavy atom. The fraction of sp³-hybridized carbons (Fsp3) is 0. The van der Waals surface area contributed by atoms with Crippen LogP contribution in [0.3, 0.4) is 0 Å². The Labute approximate surface area is 89.2 Å². The summed E-state index contributed by atoms with van der Waals surface area (Å²) in [6.07, 6.45) is 3.19. The third kappa shape index (κ3) is 1.75. The van der Waals surface area contributed by atoms with E-state index in [1.54, 1.807) is 6.20 Å². The van der Waals surface area contributed by atoms with Gasteiger partial charge in [0.25, 0.3) is 0 Å². The van der Waals surface area contributed by atoms with Crippen molar-refractivity contribution in [3.63, 3.8) is 0 Å². The Bertz CT molecular complexity index is 493. The van der Waals surface area contributed by atoms with Crippen LogP contribution in [0.2, 0.25) is 0 Å². The topological polar surface area (TPSA) is 34.9 Å². The van der Waals surface area contributed by atoms with Gasteiger partial charge in [-0.3, -0.25) is 4.57 Å². The highest BCUT2D eigenvalue weighted by molar-refractivity contribution is 9.10. The van der Waals surface area contributed by atoms with E-state index in [9.17, 15) is 4.79 Å². The van der Waals surface area contributed by atoms with Gasteiger partial charge in [0, 0.05) is 12.4 Å². The Kier molecular flexibility index (Phi) is 2.45. The maximum atomic E-state index is 11.4. The smallest absolute Gasteiger partial charge is 0.267 e. The second-order valence-corrected chi connectivity index (χ2v) is 3.68. The minimum absolute atomic E-state index is 0.278. The monoisotopic (exact) mass is 250 g/mol. The van der Waals surface area contributed by atoms with Gasteiger partial charge in [0.2, 0.25) is 0 Å². The SMILES string of the molecule is O=c1ncc(Br)cn1-c1ccccc1. The van der Waals surface area contributed by atoms with Crippen LogP contribution in [0.4, 0.5) is 0 Å². The molecule has 70 valence electrons. The number of benzene rings is 1. The zero-order chi connectivity index (χ0) is 9.97. The second kappa shape index (κ2) is 3.75. The van der Waals surface area contributed by atoms with E-state index in [1.807, 2.05) is 30.3 Å². The van der Waals surface area contributed by atoms with E-state index in [4.69, 9.17) is 0 Å². The molecule has 0 aliphatic carbocycles. The molecule has 0 bridgehead atoms. The molecular formula is C10H7BrN2O. The molecule has 0 saturated carbocycles. The van der Waals surface area contributed by atoms with Crippen molar-refractivity contribution in [3.8, 4) is 5.69 Å². The van der Waals surface area contributed by atoms with Crippen molar-refractivity contribution in [2.75, 3.05) is 0 Å². The van der Waals surface area contributed by atoms with Crippen molar-refractivity contribution in [3.05, 3.63) is 57.7 Å². The van der Waals surface area contributed by atoms with Crippen LogP contribution in [-0.4, -0.2) is 9.55 Å². The van der Waals surface area contributed by atoms with E-state index in [0.717, 1.165) is 10.2 Å². The molecule has 0 unspecified atom stereocenters. The minimum atomic E-state index is -0.278. The van der Waals surface area contributed by atoms with Crippen LogP contribution in [0, 0.1) is 0 Å². The molecule has 0 aliphatic rings. The van der Waals surface area contributed by atoms with Crippen LogP contribution < -0.4 is 5.69 Å². The number of nitrogens with zero attached hydrogens (tertiary/aromatic N) is 2. The number of para-hydroxylation sites is 1. The summed E-state index contributed by atoms with van der Waals surface area (Å²) >= 11 is 3.27. The first-order valence-corrected chi connectivity index (χ1v) is 4.86. The zero-order valence-electron chi connectivity index (χ0n) is 7.22. The molecule has 0 N–H and O–H groups in total. The van der Waals surface area contributed by atoms with Gasteiger partial charge in [-0.05, 0) is 28.1 Å². The third-order valence-corrected chi connectivity index (χ3v) is 2.20. The maximum Gasteiger partial charge on any atom is 0.352 e. The van der Waals surface area contributed by atoms with Gasteiger partial charge in [-0.15, -0.1) is 0 Å². The van der Waals surface area contributed by atoms with Gasteiger partial charge >= 0.3 is 5.69 Å². The molecule has 2 aromatic rings. The standard InChI is InChI=1S/C10H7BrN2O/c11-8-6-12-10(14)13(7-8)9-4-2-1-3-5-9/h1-7H. The van der Waals surface area contributed by atoms with Crippen LogP contribution in [0.5, 0.6) is 0 Å². The van der Waals surface area contributed by atoms with E-state index in [2.05, 4.69) is 20.9 Å².